The zero-order chi connectivity index (χ0) is 17.8. The van der Waals surface area contributed by atoms with Gasteiger partial charge in [0.2, 0.25) is 5.91 Å². The Morgan fingerprint density at radius 1 is 1.00 bits per heavy atom. The van der Waals surface area contributed by atoms with E-state index in [0.29, 0.717) is 0 Å². The van der Waals surface area contributed by atoms with Gasteiger partial charge in [-0.15, -0.1) is 0 Å². The number of carbonyl (C=O) groups excluding carboxylic acids is 1. The molecule has 0 heterocycles. The van der Waals surface area contributed by atoms with E-state index in [1.54, 1.807) is 0 Å². The van der Waals surface area contributed by atoms with E-state index in [-0.39, 0.29) is 28.3 Å². The Balaban J connectivity index is 4.29. The van der Waals surface area contributed by atoms with Crippen LogP contribution >= 0.6 is 0 Å². The van der Waals surface area contributed by atoms with E-state index in [2.05, 4.69) is 48.5 Å². The Bertz CT molecular complexity index is 351. The Hall–Kier alpha value is -0.570. The molecule has 1 amide bonds. The molecule has 0 spiro atoms. The highest BCUT2D eigenvalue weighted by atomic mass is 16.5. The van der Waals surface area contributed by atoms with Crippen LogP contribution in [0.25, 0.3) is 0 Å². The fourth-order valence-corrected chi connectivity index (χ4v) is 2.02. The van der Waals surface area contributed by atoms with Crippen molar-refractivity contribution in [2.45, 2.75) is 80.8 Å². The lowest BCUT2D eigenvalue weighted by Gasteiger charge is -2.40. The first-order chi connectivity index (χ1) is 9.69. The Morgan fingerprint density at radius 2 is 1.50 bits per heavy atom. The van der Waals surface area contributed by atoms with Gasteiger partial charge in [-0.1, -0.05) is 48.5 Å². The first-order valence-corrected chi connectivity index (χ1v) is 8.58. The van der Waals surface area contributed by atoms with Crippen molar-refractivity contribution in [3.05, 3.63) is 0 Å². The van der Waals surface area contributed by atoms with Crippen LogP contribution in [0.3, 0.4) is 0 Å². The van der Waals surface area contributed by atoms with Gasteiger partial charge in [0.25, 0.3) is 0 Å². The maximum Gasteiger partial charge on any atom is 0.224 e. The first kappa shape index (κ1) is 21.4. The number of amides is 1. The Labute approximate surface area is 138 Å². The summed E-state index contributed by atoms with van der Waals surface area (Å²) in [7, 11) is 1.88. The van der Waals surface area contributed by atoms with Gasteiger partial charge in [-0.2, -0.15) is 0 Å². The van der Waals surface area contributed by atoms with E-state index in [4.69, 9.17) is 4.74 Å². The summed E-state index contributed by atoms with van der Waals surface area (Å²) in [6, 6.07) is 0. The van der Waals surface area contributed by atoms with Gasteiger partial charge >= 0.3 is 0 Å². The van der Waals surface area contributed by atoms with E-state index >= 15 is 0 Å². The van der Waals surface area contributed by atoms with Crippen LogP contribution in [0.1, 0.15) is 75.2 Å². The minimum absolute atomic E-state index is 0.0571. The monoisotopic (exact) mass is 313 g/mol. The molecule has 0 atom stereocenters. The molecule has 22 heavy (non-hydrogen) atoms. The van der Waals surface area contributed by atoms with Crippen molar-refractivity contribution >= 4 is 5.91 Å². The van der Waals surface area contributed by atoms with Gasteiger partial charge in [0.15, 0.2) is 0 Å². The molecule has 0 fully saturated rings. The Kier molecular flexibility index (Phi) is 7.61. The fourth-order valence-electron chi connectivity index (χ4n) is 2.02. The highest BCUT2D eigenvalue weighted by molar-refractivity contribution is 5.77. The summed E-state index contributed by atoms with van der Waals surface area (Å²) >= 11 is 0. The van der Waals surface area contributed by atoms with Crippen LogP contribution in [0, 0.1) is 16.7 Å². The molecule has 3 nitrogen and oxygen atoms in total. The van der Waals surface area contributed by atoms with Crippen LogP contribution < -0.4 is 0 Å². The molecule has 0 N–H and O–H groups in total. The van der Waals surface area contributed by atoms with Gasteiger partial charge < -0.3 is 9.64 Å². The molecule has 0 bridgehead atoms. The molecule has 0 rings (SSSR count). The van der Waals surface area contributed by atoms with Crippen LogP contribution in [-0.2, 0) is 9.53 Å². The molecule has 0 saturated carbocycles. The molecule has 0 saturated heterocycles. The number of rotatable bonds is 8. The molecular formula is C19H39NO2. The smallest absolute Gasteiger partial charge is 0.224 e. The van der Waals surface area contributed by atoms with Gasteiger partial charge in [-0.3, -0.25) is 4.79 Å². The zero-order valence-electron chi connectivity index (χ0n) is 16.7. The summed E-state index contributed by atoms with van der Waals surface area (Å²) < 4.78 is 6.11. The van der Waals surface area contributed by atoms with Crippen LogP contribution in [0.5, 0.6) is 0 Å². The fraction of sp³-hybridized carbons (Fsp3) is 0.947. The molecule has 0 unspecified atom stereocenters. The van der Waals surface area contributed by atoms with E-state index in [1.165, 1.54) is 0 Å². The second kappa shape index (κ2) is 7.81. The molecule has 0 aliphatic rings. The SMILES string of the molecule is CC(C)C(=O)N(C)CCC(C)(C)OCCC(C)(C)C(C)(C)C. The molecule has 132 valence electrons. The maximum atomic E-state index is 11.9. The van der Waals surface area contributed by atoms with Crippen molar-refractivity contribution in [1.82, 2.24) is 4.90 Å². The normalized spacial score (nSPS) is 13.6. The standard InChI is InChI=1S/C19H39NO2/c1-15(2)16(21)20(10)13-11-19(8,9)22-14-12-18(6,7)17(3,4)5/h15H,11-14H2,1-10H3. The van der Waals surface area contributed by atoms with Gasteiger partial charge in [0.05, 0.1) is 5.60 Å². The average Bonchev–Trinajstić information content (AvgIpc) is 2.33. The van der Waals surface area contributed by atoms with Gasteiger partial charge in [0.1, 0.15) is 0 Å². The lowest BCUT2D eigenvalue weighted by Crippen LogP contribution is -2.37. The van der Waals surface area contributed by atoms with Crippen LogP contribution in [0.2, 0.25) is 0 Å². The number of carbonyl (C=O) groups is 1. The van der Waals surface area contributed by atoms with Gasteiger partial charge in [0, 0.05) is 26.1 Å². The van der Waals surface area contributed by atoms with E-state index < -0.39 is 0 Å². The van der Waals surface area contributed by atoms with Gasteiger partial charge in [-0.25, -0.2) is 0 Å². The lowest BCUT2D eigenvalue weighted by atomic mass is 9.67. The van der Waals surface area contributed by atoms with Crippen molar-refractivity contribution in [3.63, 3.8) is 0 Å². The van der Waals surface area contributed by atoms with Gasteiger partial charge in [-0.05, 0) is 37.5 Å². The molecule has 0 radical (unpaired) electrons. The topological polar surface area (TPSA) is 29.5 Å². The second-order valence-corrected chi connectivity index (χ2v) is 9.16. The molecule has 0 aromatic heterocycles. The summed E-state index contributed by atoms with van der Waals surface area (Å²) in [5, 5.41) is 0. The highest BCUT2D eigenvalue weighted by Crippen LogP contribution is 2.40. The van der Waals surface area contributed by atoms with Crippen molar-refractivity contribution in [2.75, 3.05) is 20.2 Å². The summed E-state index contributed by atoms with van der Waals surface area (Å²) in [5.74, 6) is 0.256. The third-order valence-corrected chi connectivity index (χ3v) is 5.17. The number of hydrogen-bond acceptors (Lipinski definition) is 2. The Morgan fingerprint density at radius 3 is 1.91 bits per heavy atom. The van der Waals surface area contributed by atoms with Crippen LogP contribution in [0.15, 0.2) is 0 Å². The first-order valence-electron chi connectivity index (χ1n) is 8.58. The van der Waals surface area contributed by atoms with Crippen LogP contribution in [-0.4, -0.2) is 36.6 Å². The number of nitrogens with zero attached hydrogens (tertiary/aromatic N) is 1. The van der Waals surface area contributed by atoms with Crippen molar-refractivity contribution in [2.24, 2.45) is 16.7 Å². The minimum Gasteiger partial charge on any atom is -0.375 e. The zero-order valence-corrected chi connectivity index (χ0v) is 16.7. The van der Waals surface area contributed by atoms with Crippen LogP contribution in [0.4, 0.5) is 0 Å². The second-order valence-electron chi connectivity index (χ2n) is 9.16. The van der Waals surface area contributed by atoms with E-state index in [9.17, 15) is 4.79 Å². The van der Waals surface area contributed by atoms with E-state index in [0.717, 1.165) is 26.0 Å². The third-order valence-electron chi connectivity index (χ3n) is 5.17. The average molecular weight is 314 g/mol. The summed E-state index contributed by atoms with van der Waals surface area (Å²) in [5.41, 5.74) is 0.317. The third kappa shape index (κ3) is 7.13. The minimum atomic E-state index is -0.195. The lowest BCUT2D eigenvalue weighted by molar-refractivity contribution is -0.134. The van der Waals surface area contributed by atoms with Crippen molar-refractivity contribution in [1.29, 1.82) is 0 Å². The number of hydrogen-bond donors (Lipinski definition) is 0. The van der Waals surface area contributed by atoms with Crippen molar-refractivity contribution < 1.29 is 9.53 Å². The molecule has 0 aromatic rings. The van der Waals surface area contributed by atoms with Crippen molar-refractivity contribution in [3.8, 4) is 0 Å². The maximum absolute atomic E-state index is 11.9. The largest absolute Gasteiger partial charge is 0.375 e. The highest BCUT2D eigenvalue weighted by Gasteiger charge is 2.33. The summed E-state index contributed by atoms with van der Waals surface area (Å²) in [6.07, 6.45) is 1.90. The number of ether oxygens (including phenoxy) is 1. The summed E-state index contributed by atoms with van der Waals surface area (Å²) in [4.78, 5) is 13.7. The molecular weight excluding hydrogens is 274 g/mol. The quantitative estimate of drug-likeness (QED) is 0.647. The molecule has 0 aliphatic heterocycles. The van der Waals surface area contributed by atoms with E-state index in [1.807, 2.05) is 25.8 Å². The predicted molar refractivity (Wildman–Crippen MR) is 95.0 cm³/mol. The summed E-state index contributed by atoms with van der Waals surface area (Å²) in [6.45, 7) is 21.1. The predicted octanol–water partition coefficient (Wildman–Crippen LogP) is 4.75. The molecule has 0 aliphatic carbocycles. The molecule has 0 aromatic carbocycles. The molecule has 3 heteroatoms.